The van der Waals surface area contributed by atoms with Gasteiger partial charge in [0.25, 0.3) is 0 Å². The molecule has 0 radical (unpaired) electrons. The maximum absolute atomic E-state index is 6.67. The standard InChI is InChI=1S/C36H54O3/c1-5-7-9-11-13-15-17-19-29-21-23-33(31-25-27(3)37-35(29)31)39-34-24-22-30(36-32(34)26-28(4)38-36)20-18-16-14-12-10-8-6-2/h21-24,27-28H,5-20,25-26H2,1-4H3. The number of hydrogen-bond acceptors (Lipinski definition) is 3. The average molecular weight is 535 g/mol. The number of benzene rings is 2. The molecule has 2 aliphatic rings. The van der Waals surface area contributed by atoms with E-state index in [0.29, 0.717) is 0 Å². The van der Waals surface area contributed by atoms with Crippen molar-refractivity contribution in [2.45, 2.75) is 155 Å². The maximum Gasteiger partial charge on any atom is 0.134 e. The molecule has 0 bridgehead atoms. The fraction of sp³-hybridized carbons (Fsp3) is 0.667. The Bertz CT molecular complexity index is 945. The lowest BCUT2D eigenvalue weighted by atomic mass is 9.99. The van der Waals surface area contributed by atoms with Crippen LogP contribution in [0.1, 0.15) is 140 Å². The van der Waals surface area contributed by atoms with Crippen molar-refractivity contribution in [2.75, 3.05) is 0 Å². The molecular formula is C36H54O3. The summed E-state index contributed by atoms with van der Waals surface area (Å²) in [7, 11) is 0. The number of unbranched alkanes of at least 4 members (excludes halogenated alkanes) is 12. The third kappa shape index (κ3) is 8.41. The molecule has 39 heavy (non-hydrogen) atoms. The second-order valence-corrected chi connectivity index (χ2v) is 12.2. The topological polar surface area (TPSA) is 27.7 Å². The van der Waals surface area contributed by atoms with Crippen molar-refractivity contribution < 1.29 is 14.2 Å². The SMILES string of the molecule is CCCCCCCCCc1ccc(Oc2ccc(CCCCCCCCC)c3c2CC(C)O3)c2c1OC(C)C2. The summed E-state index contributed by atoms with van der Waals surface area (Å²) in [5.74, 6) is 4.09. The zero-order valence-corrected chi connectivity index (χ0v) is 25.4. The normalized spacial score (nSPS) is 17.5. The molecule has 0 aromatic heterocycles. The molecule has 0 aliphatic carbocycles. The third-order valence-electron chi connectivity index (χ3n) is 8.54. The Labute approximate surface area is 239 Å². The van der Waals surface area contributed by atoms with Crippen LogP contribution in [0.2, 0.25) is 0 Å². The van der Waals surface area contributed by atoms with Crippen molar-refractivity contribution in [1.82, 2.24) is 0 Å². The van der Waals surface area contributed by atoms with Crippen LogP contribution in [-0.2, 0) is 25.7 Å². The van der Waals surface area contributed by atoms with Crippen LogP contribution < -0.4 is 14.2 Å². The van der Waals surface area contributed by atoms with E-state index >= 15 is 0 Å². The van der Waals surface area contributed by atoms with Gasteiger partial charge in [-0.25, -0.2) is 0 Å². The largest absolute Gasteiger partial charge is 0.490 e. The Morgan fingerprint density at radius 2 is 0.949 bits per heavy atom. The average Bonchev–Trinajstić information content (AvgIpc) is 3.52. The molecule has 0 saturated heterocycles. The zero-order chi connectivity index (χ0) is 27.5. The quantitative estimate of drug-likeness (QED) is 0.178. The van der Waals surface area contributed by atoms with Crippen molar-refractivity contribution in [3.63, 3.8) is 0 Å². The van der Waals surface area contributed by atoms with Gasteiger partial charge >= 0.3 is 0 Å². The van der Waals surface area contributed by atoms with E-state index in [0.717, 1.165) is 48.7 Å². The van der Waals surface area contributed by atoms with Crippen LogP contribution in [0.3, 0.4) is 0 Å². The van der Waals surface area contributed by atoms with E-state index < -0.39 is 0 Å². The number of fused-ring (bicyclic) bond motifs is 2. The van der Waals surface area contributed by atoms with E-state index in [4.69, 9.17) is 14.2 Å². The molecule has 0 fully saturated rings. The summed E-state index contributed by atoms with van der Waals surface area (Å²) < 4.78 is 19.3. The predicted octanol–water partition coefficient (Wildman–Crippen LogP) is 10.7. The first-order valence-electron chi connectivity index (χ1n) is 16.4. The molecule has 0 spiro atoms. The number of aryl methyl sites for hydroxylation is 2. The van der Waals surface area contributed by atoms with Crippen LogP contribution in [0.15, 0.2) is 24.3 Å². The summed E-state index contributed by atoms with van der Waals surface area (Å²) in [6.45, 7) is 8.91. The van der Waals surface area contributed by atoms with Gasteiger partial charge in [-0.3, -0.25) is 0 Å². The second-order valence-electron chi connectivity index (χ2n) is 12.2. The van der Waals surface area contributed by atoms with Crippen molar-refractivity contribution in [3.05, 3.63) is 46.5 Å². The van der Waals surface area contributed by atoms with Gasteiger partial charge in [-0.05, 0) is 62.8 Å². The monoisotopic (exact) mass is 534 g/mol. The molecule has 3 nitrogen and oxygen atoms in total. The first-order valence-corrected chi connectivity index (χ1v) is 16.4. The minimum Gasteiger partial charge on any atom is -0.490 e. The molecule has 2 aromatic carbocycles. The van der Waals surface area contributed by atoms with Crippen LogP contribution in [0.5, 0.6) is 23.0 Å². The molecule has 2 aromatic rings. The van der Waals surface area contributed by atoms with E-state index in [9.17, 15) is 0 Å². The summed E-state index contributed by atoms with van der Waals surface area (Å²) in [6.07, 6.45) is 23.1. The van der Waals surface area contributed by atoms with Crippen molar-refractivity contribution in [2.24, 2.45) is 0 Å². The first-order chi connectivity index (χ1) is 19.1. The fourth-order valence-electron chi connectivity index (χ4n) is 6.31. The van der Waals surface area contributed by atoms with Crippen molar-refractivity contribution in [3.8, 4) is 23.0 Å². The minimum atomic E-state index is 0.205. The van der Waals surface area contributed by atoms with E-state index in [-0.39, 0.29) is 12.2 Å². The molecule has 0 amide bonds. The number of ether oxygens (including phenoxy) is 3. The van der Waals surface area contributed by atoms with Gasteiger partial charge in [-0.15, -0.1) is 0 Å². The Balaban J connectivity index is 1.39. The van der Waals surface area contributed by atoms with Gasteiger partial charge in [0, 0.05) is 24.0 Å². The van der Waals surface area contributed by atoms with Gasteiger partial charge < -0.3 is 14.2 Å². The van der Waals surface area contributed by atoms with E-state index in [2.05, 4.69) is 52.0 Å². The Hall–Kier alpha value is -2.16. The van der Waals surface area contributed by atoms with Gasteiger partial charge in [0.1, 0.15) is 35.2 Å². The molecule has 216 valence electrons. The molecule has 2 heterocycles. The summed E-state index contributed by atoms with van der Waals surface area (Å²) in [6, 6.07) is 8.87. The molecule has 2 atom stereocenters. The van der Waals surface area contributed by atoms with Crippen LogP contribution >= 0.6 is 0 Å². The lowest BCUT2D eigenvalue weighted by Crippen LogP contribution is -2.06. The summed E-state index contributed by atoms with van der Waals surface area (Å²) in [5, 5.41) is 0. The smallest absolute Gasteiger partial charge is 0.134 e. The maximum atomic E-state index is 6.67. The van der Waals surface area contributed by atoms with E-state index in [1.165, 1.54) is 112 Å². The lowest BCUT2D eigenvalue weighted by molar-refractivity contribution is 0.252. The highest BCUT2D eigenvalue weighted by Gasteiger charge is 2.29. The molecular weight excluding hydrogens is 480 g/mol. The van der Waals surface area contributed by atoms with Gasteiger partial charge in [0.2, 0.25) is 0 Å². The first kappa shape index (κ1) is 29.8. The van der Waals surface area contributed by atoms with Crippen LogP contribution in [0, 0.1) is 0 Å². The van der Waals surface area contributed by atoms with Gasteiger partial charge in [-0.1, -0.05) is 103 Å². The molecule has 0 saturated carbocycles. The zero-order valence-electron chi connectivity index (χ0n) is 25.4. The van der Waals surface area contributed by atoms with Crippen LogP contribution in [-0.4, -0.2) is 12.2 Å². The Morgan fingerprint density at radius 1 is 0.564 bits per heavy atom. The molecule has 2 unspecified atom stereocenters. The molecule has 0 N–H and O–H groups in total. The molecule has 4 rings (SSSR count). The minimum absolute atomic E-state index is 0.205. The van der Waals surface area contributed by atoms with Gasteiger partial charge in [0.15, 0.2) is 0 Å². The van der Waals surface area contributed by atoms with Crippen LogP contribution in [0.25, 0.3) is 0 Å². The van der Waals surface area contributed by atoms with Crippen molar-refractivity contribution in [1.29, 1.82) is 0 Å². The molecule has 3 heteroatoms. The summed E-state index contributed by atoms with van der Waals surface area (Å²) in [5.41, 5.74) is 5.19. The van der Waals surface area contributed by atoms with E-state index in [1.807, 2.05) is 0 Å². The number of hydrogen-bond donors (Lipinski definition) is 0. The highest BCUT2D eigenvalue weighted by molar-refractivity contribution is 5.57. The summed E-state index contributed by atoms with van der Waals surface area (Å²) in [4.78, 5) is 0. The lowest BCUT2D eigenvalue weighted by Gasteiger charge is -2.16. The highest BCUT2D eigenvalue weighted by Crippen LogP contribution is 2.45. The van der Waals surface area contributed by atoms with Crippen molar-refractivity contribution >= 4 is 0 Å². The highest BCUT2D eigenvalue weighted by atomic mass is 16.5. The third-order valence-corrected chi connectivity index (χ3v) is 8.54. The summed E-state index contributed by atoms with van der Waals surface area (Å²) >= 11 is 0. The predicted molar refractivity (Wildman–Crippen MR) is 164 cm³/mol. The number of rotatable bonds is 18. The van der Waals surface area contributed by atoms with Crippen LogP contribution in [0.4, 0.5) is 0 Å². The fourth-order valence-corrected chi connectivity index (χ4v) is 6.31. The van der Waals surface area contributed by atoms with E-state index in [1.54, 1.807) is 0 Å². The Morgan fingerprint density at radius 3 is 1.36 bits per heavy atom. The molecule has 2 aliphatic heterocycles. The second kappa shape index (κ2) is 15.6. The van der Waals surface area contributed by atoms with Gasteiger partial charge in [0.05, 0.1) is 0 Å². The Kier molecular flexibility index (Phi) is 11.9. The van der Waals surface area contributed by atoms with Gasteiger partial charge in [-0.2, -0.15) is 0 Å².